The molecule has 1 aliphatic carbocycles. The third kappa shape index (κ3) is 2.91. The van der Waals surface area contributed by atoms with Crippen LogP contribution in [0.25, 0.3) is 0 Å². The first-order chi connectivity index (χ1) is 8.72. The van der Waals surface area contributed by atoms with Crippen molar-refractivity contribution in [3.8, 4) is 0 Å². The van der Waals surface area contributed by atoms with Crippen molar-refractivity contribution in [2.24, 2.45) is 11.7 Å². The van der Waals surface area contributed by atoms with E-state index in [2.05, 4.69) is 10.1 Å². The highest BCUT2D eigenvalue weighted by Gasteiger charge is 2.48. The molecule has 2 unspecified atom stereocenters. The summed E-state index contributed by atoms with van der Waals surface area (Å²) in [4.78, 5) is 4.15. The van der Waals surface area contributed by atoms with Crippen LogP contribution in [0.1, 0.15) is 57.2 Å². The van der Waals surface area contributed by atoms with E-state index in [4.69, 9.17) is 10.3 Å². The van der Waals surface area contributed by atoms with Crippen LogP contribution in [0.3, 0.4) is 0 Å². The zero-order valence-electron chi connectivity index (χ0n) is 11.0. The molecule has 4 nitrogen and oxygen atoms in total. The standard InChI is InChI=1S/C12H18F3N3O/c1-7(2)9-17-10(18-19-9)11(16)5-3-4-8(6-11)12(13,14)15/h7-8H,3-6,16H2,1-2H3. The lowest BCUT2D eigenvalue weighted by Crippen LogP contribution is -2.45. The first-order valence-corrected chi connectivity index (χ1v) is 6.42. The molecule has 1 saturated carbocycles. The minimum atomic E-state index is -4.21. The van der Waals surface area contributed by atoms with Crippen LogP contribution in [0.5, 0.6) is 0 Å². The van der Waals surface area contributed by atoms with E-state index in [1.807, 2.05) is 13.8 Å². The zero-order chi connectivity index (χ0) is 14.3. The van der Waals surface area contributed by atoms with E-state index in [0.29, 0.717) is 18.7 Å². The largest absolute Gasteiger partial charge is 0.391 e. The minimum Gasteiger partial charge on any atom is -0.339 e. The molecule has 19 heavy (non-hydrogen) atoms. The van der Waals surface area contributed by atoms with Gasteiger partial charge in [-0.15, -0.1) is 0 Å². The maximum Gasteiger partial charge on any atom is 0.391 e. The first kappa shape index (κ1) is 14.3. The molecule has 1 fully saturated rings. The number of rotatable bonds is 2. The summed E-state index contributed by atoms with van der Waals surface area (Å²) in [6.07, 6.45) is -3.39. The number of hydrogen-bond donors (Lipinski definition) is 1. The second-order valence-corrected chi connectivity index (χ2v) is 5.60. The Morgan fingerprint density at radius 2 is 2.11 bits per heavy atom. The highest BCUT2D eigenvalue weighted by atomic mass is 19.4. The minimum absolute atomic E-state index is 0.0341. The number of halogens is 3. The molecule has 0 aromatic carbocycles. The van der Waals surface area contributed by atoms with Crippen molar-refractivity contribution < 1.29 is 17.7 Å². The predicted octanol–water partition coefficient (Wildman–Crippen LogP) is 3.10. The Kier molecular flexibility index (Phi) is 3.59. The second kappa shape index (κ2) is 4.77. The predicted molar refractivity (Wildman–Crippen MR) is 62.3 cm³/mol. The van der Waals surface area contributed by atoms with Gasteiger partial charge in [0.25, 0.3) is 0 Å². The molecule has 0 radical (unpaired) electrons. The lowest BCUT2D eigenvalue weighted by molar-refractivity contribution is -0.187. The van der Waals surface area contributed by atoms with Gasteiger partial charge in [0.15, 0.2) is 5.82 Å². The molecule has 2 N–H and O–H groups in total. The van der Waals surface area contributed by atoms with Crippen LogP contribution in [0.2, 0.25) is 0 Å². The van der Waals surface area contributed by atoms with E-state index < -0.39 is 17.6 Å². The third-order valence-electron chi connectivity index (χ3n) is 3.63. The maximum atomic E-state index is 12.8. The van der Waals surface area contributed by atoms with Crippen molar-refractivity contribution in [1.82, 2.24) is 10.1 Å². The molecule has 0 bridgehead atoms. The molecule has 0 spiro atoms. The smallest absolute Gasteiger partial charge is 0.339 e. The summed E-state index contributed by atoms with van der Waals surface area (Å²) in [5.41, 5.74) is 4.97. The Morgan fingerprint density at radius 1 is 1.42 bits per heavy atom. The summed E-state index contributed by atoms with van der Waals surface area (Å²) >= 11 is 0. The van der Waals surface area contributed by atoms with Crippen LogP contribution in [0, 0.1) is 5.92 Å². The van der Waals surface area contributed by atoms with Crippen molar-refractivity contribution in [1.29, 1.82) is 0 Å². The molecule has 2 rings (SSSR count). The topological polar surface area (TPSA) is 64.9 Å². The summed E-state index contributed by atoms with van der Waals surface area (Å²) in [6, 6.07) is 0. The Bertz CT molecular complexity index is 444. The quantitative estimate of drug-likeness (QED) is 0.902. The van der Waals surface area contributed by atoms with E-state index in [1.54, 1.807) is 0 Å². The van der Waals surface area contributed by atoms with Crippen molar-refractivity contribution in [3.63, 3.8) is 0 Å². The maximum absolute atomic E-state index is 12.8. The van der Waals surface area contributed by atoms with E-state index in [9.17, 15) is 13.2 Å². The number of alkyl halides is 3. The van der Waals surface area contributed by atoms with Crippen LogP contribution >= 0.6 is 0 Å². The van der Waals surface area contributed by atoms with Crippen LogP contribution in [-0.2, 0) is 5.54 Å². The van der Waals surface area contributed by atoms with Gasteiger partial charge in [0.1, 0.15) is 0 Å². The van der Waals surface area contributed by atoms with Crippen LogP contribution in [0.4, 0.5) is 13.2 Å². The SMILES string of the molecule is CC(C)c1nc(C2(N)CCCC(C(F)(F)F)C2)no1. The number of aromatic nitrogens is 2. The fraction of sp³-hybridized carbons (Fsp3) is 0.833. The van der Waals surface area contributed by atoms with Gasteiger partial charge in [-0.1, -0.05) is 25.4 Å². The molecule has 2 atom stereocenters. The molecule has 0 amide bonds. The van der Waals surface area contributed by atoms with E-state index >= 15 is 0 Å². The monoisotopic (exact) mass is 277 g/mol. The summed E-state index contributed by atoms with van der Waals surface area (Å²) in [5.74, 6) is -0.738. The van der Waals surface area contributed by atoms with Gasteiger partial charge in [0, 0.05) is 5.92 Å². The van der Waals surface area contributed by atoms with Gasteiger partial charge >= 0.3 is 6.18 Å². The summed E-state index contributed by atoms with van der Waals surface area (Å²) in [7, 11) is 0. The van der Waals surface area contributed by atoms with Gasteiger partial charge in [-0.05, 0) is 19.3 Å². The highest BCUT2D eigenvalue weighted by Crippen LogP contribution is 2.44. The number of nitrogens with zero attached hydrogens (tertiary/aromatic N) is 2. The Balaban J connectivity index is 2.21. The fourth-order valence-corrected chi connectivity index (χ4v) is 2.46. The summed E-state index contributed by atoms with van der Waals surface area (Å²) < 4.78 is 43.5. The average Bonchev–Trinajstić information content (AvgIpc) is 2.77. The molecule has 1 aromatic rings. The van der Waals surface area contributed by atoms with Gasteiger partial charge in [-0.2, -0.15) is 18.2 Å². The number of hydrogen-bond acceptors (Lipinski definition) is 4. The van der Waals surface area contributed by atoms with Gasteiger partial charge in [-0.3, -0.25) is 0 Å². The Hall–Kier alpha value is -1.11. The van der Waals surface area contributed by atoms with E-state index in [-0.39, 0.29) is 24.6 Å². The molecule has 108 valence electrons. The lowest BCUT2D eigenvalue weighted by Gasteiger charge is -2.36. The Labute approximate surface area is 109 Å². The van der Waals surface area contributed by atoms with Gasteiger partial charge in [0.2, 0.25) is 5.89 Å². The molecular formula is C12H18F3N3O. The third-order valence-corrected chi connectivity index (χ3v) is 3.63. The fourth-order valence-electron chi connectivity index (χ4n) is 2.46. The number of nitrogens with two attached hydrogens (primary N) is 1. The Morgan fingerprint density at radius 3 is 2.63 bits per heavy atom. The molecule has 0 saturated heterocycles. The van der Waals surface area contributed by atoms with E-state index in [0.717, 1.165) is 0 Å². The molecule has 1 aliphatic rings. The van der Waals surface area contributed by atoms with Crippen LogP contribution < -0.4 is 5.73 Å². The van der Waals surface area contributed by atoms with Crippen LogP contribution in [-0.4, -0.2) is 16.3 Å². The normalized spacial score (nSPS) is 28.9. The first-order valence-electron chi connectivity index (χ1n) is 6.42. The van der Waals surface area contributed by atoms with Crippen molar-refractivity contribution in [2.75, 3.05) is 0 Å². The van der Waals surface area contributed by atoms with Crippen LogP contribution in [0.15, 0.2) is 4.52 Å². The molecular weight excluding hydrogens is 259 g/mol. The van der Waals surface area contributed by atoms with Gasteiger partial charge < -0.3 is 10.3 Å². The van der Waals surface area contributed by atoms with Gasteiger partial charge in [0.05, 0.1) is 11.5 Å². The zero-order valence-corrected chi connectivity index (χ0v) is 11.0. The van der Waals surface area contributed by atoms with Crippen molar-refractivity contribution >= 4 is 0 Å². The van der Waals surface area contributed by atoms with E-state index in [1.165, 1.54) is 0 Å². The van der Waals surface area contributed by atoms with Gasteiger partial charge in [-0.25, -0.2) is 0 Å². The highest BCUT2D eigenvalue weighted by molar-refractivity contribution is 5.08. The molecule has 0 aliphatic heterocycles. The summed E-state index contributed by atoms with van der Waals surface area (Å²) in [5, 5.41) is 3.77. The average molecular weight is 277 g/mol. The van der Waals surface area contributed by atoms with Crippen molar-refractivity contribution in [2.45, 2.75) is 57.2 Å². The molecule has 1 heterocycles. The summed E-state index contributed by atoms with van der Waals surface area (Å²) in [6.45, 7) is 3.75. The molecule has 1 aromatic heterocycles. The molecule has 7 heteroatoms. The second-order valence-electron chi connectivity index (χ2n) is 5.60. The van der Waals surface area contributed by atoms with Crippen molar-refractivity contribution in [3.05, 3.63) is 11.7 Å². The lowest BCUT2D eigenvalue weighted by atomic mass is 9.75.